The molecule has 18 rings (SSSR count). The maximum Gasteiger partial charge on any atom is 0.212 e. The molecule has 6 aliphatic heterocycles. The van der Waals surface area contributed by atoms with Gasteiger partial charge >= 0.3 is 0 Å². The summed E-state index contributed by atoms with van der Waals surface area (Å²) in [5, 5.41) is 62.3. The summed E-state index contributed by atoms with van der Waals surface area (Å²) in [6.45, 7) is 17.4. The normalized spacial score (nSPS) is 18.2. The number of alkyl halides is 1. The van der Waals surface area contributed by atoms with Crippen LogP contribution >= 0.6 is 0 Å². The van der Waals surface area contributed by atoms with Gasteiger partial charge in [-0.2, -0.15) is 31.1 Å². The van der Waals surface area contributed by atoms with Gasteiger partial charge in [-0.05, 0) is 90.6 Å². The van der Waals surface area contributed by atoms with Gasteiger partial charge in [0.05, 0.1) is 121 Å². The number of aliphatic hydroxyl groups excluding tert-OH is 2. The highest BCUT2D eigenvalue weighted by atomic mass is 19.1. The van der Waals surface area contributed by atoms with Crippen molar-refractivity contribution in [3.8, 4) is 69.2 Å². The Hall–Kier alpha value is -12.6. The Bertz CT molecular complexity index is 4900. The lowest BCUT2D eigenvalue weighted by Gasteiger charge is -2.35. The van der Waals surface area contributed by atoms with Crippen LogP contribution in [0.1, 0.15) is 52.6 Å². The highest BCUT2D eigenvalue weighted by Crippen LogP contribution is 2.38. The van der Waals surface area contributed by atoms with Gasteiger partial charge in [-0.15, -0.1) is 0 Å². The molecule has 0 saturated carbocycles. The molecular weight excluding hydrogens is 1440 g/mol. The van der Waals surface area contributed by atoms with Crippen LogP contribution in [0.3, 0.4) is 0 Å². The number of nitrogens with zero attached hydrogens (tertiary/aromatic N) is 24. The van der Waals surface area contributed by atoms with Crippen molar-refractivity contribution >= 4 is 51.1 Å². The van der Waals surface area contributed by atoms with Gasteiger partial charge in [-0.1, -0.05) is 18.2 Å². The van der Waals surface area contributed by atoms with Gasteiger partial charge in [-0.3, -0.25) is 14.7 Å². The first-order chi connectivity index (χ1) is 55.8. The van der Waals surface area contributed by atoms with E-state index in [0.717, 1.165) is 209 Å². The Labute approximate surface area is 659 Å². The first kappa shape index (κ1) is 75.4. The first-order valence-corrected chi connectivity index (χ1v) is 38.6. The summed E-state index contributed by atoms with van der Waals surface area (Å²) in [4.78, 5) is 47.9. The van der Waals surface area contributed by atoms with Crippen molar-refractivity contribution in [1.82, 2.24) is 73.4 Å². The van der Waals surface area contributed by atoms with Gasteiger partial charge in [0, 0.05) is 226 Å². The van der Waals surface area contributed by atoms with E-state index in [0.29, 0.717) is 66.9 Å². The number of rotatable bonds is 18. The third-order valence-corrected chi connectivity index (χ3v) is 22.2. The summed E-state index contributed by atoms with van der Waals surface area (Å²) in [6.07, 6.45) is 22.3. The second-order valence-electron chi connectivity index (χ2n) is 29.5. The number of pyridine rings is 9. The average Bonchev–Trinajstić information content (AvgIpc) is 1.61. The maximum absolute atomic E-state index is 13.9. The second-order valence-corrected chi connectivity index (χ2v) is 29.5. The van der Waals surface area contributed by atoms with E-state index in [1.165, 1.54) is 16.7 Å². The summed E-state index contributed by atoms with van der Waals surface area (Å²) < 4.78 is 34.6. The van der Waals surface area contributed by atoms with E-state index >= 15 is 0 Å². The second kappa shape index (κ2) is 34.1. The van der Waals surface area contributed by atoms with Crippen molar-refractivity contribution in [3.05, 3.63) is 199 Å². The predicted octanol–water partition coefficient (Wildman–Crippen LogP) is 8.67. The highest BCUT2D eigenvalue weighted by molar-refractivity contribution is 5.89. The van der Waals surface area contributed by atoms with E-state index in [1.54, 1.807) is 53.5 Å². The molecular formula is C84H89FN24O5. The number of hydrogen-bond donors (Lipinski definition) is 2. The van der Waals surface area contributed by atoms with E-state index in [9.17, 15) is 30.4 Å². The lowest BCUT2D eigenvalue weighted by Crippen LogP contribution is -2.46. The lowest BCUT2D eigenvalue weighted by atomic mass is 10.0. The Balaban J connectivity index is 0.000000129. The fraction of sp³-hybridized carbons (Fsp3) is 0.357. The Morgan fingerprint density at radius 3 is 0.930 bits per heavy atom. The van der Waals surface area contributed by atoms with Crippen LogP contribution in [-0.4, -0.2) is 241 Å². The number of fused-ring (bicyclic) bond motifs is 3. The van der Waals surface area contributed by atoms with Gasteiger partial charge < -0.3 is 53.8 Å². The largest absolute Gasteiger partial charge is 0.481 e. The standard InChI is InChI=1S/C28H29FN8O.2C28H30N8O2/c1-38-27-5-2-20(14-32-27)17-34-8-10-35(11-9-34)26-4-3-21(15-31-26)25-12-24(36-7-6-23(29)18-36)19-37-28(25)22(13-30)16-33-37;2*1-38-27-5-2-20(14-31-27)17-33-8-10-34(11-9-33)26-4-3-21(15-30-26)25-12-23(35-7-6-24(37)19-35)18-36-28(25)22(13-29)16-32-36/h2-5,12,14-16,19,23H,6-11,17-18H2,1H3;2*2-5,12,14-16,18,24,37H,6-11,17,19H2,1H3/t23-;2*24-/m010/s1. The Kier molecular flexibility index (Phi) is 22.6. The number of piperazine rings is 3. The molecule has 29 nitrogen and oxygen atoms in total. The maximum atomic E-state index is 13.9. The first-order valence-electron chi connectivity index (χ1n) is 38.6. The van der Waals surface area contributed by atoms with Crippen LogP contribution in [0, 0.1) is 34.0 Å². The zero-order chi connectivity index (χ0) is 78.2. The molecule has 3 atom stereocenters. The van der Waals surface area contributed by atoms with Crippen molar-refractivity contribution in [2.24, 2.45) is 0 Å². The van der Waals surface area contributed by atoms with E-state index in [-0.39, 0.29) is 12.2 Å². The minimum absolute atomic E-state index is 0.323. The monoisotopic (exact) mass is 1530 g/mol. The molecule has 0 radical (unpaired) electrons. The number of hydrogen-bond acceptors (Lipinski definition) is 26. The Morgan fingerprint density at radius 2 is 0.684 bits per heavy atom. The van der Waals surface area contributed by atoms with Gasteiger partial charge in [0.1, 0.15) is 41.8 Å². The molecule has 30 heteroatoms. The Morgan fingerprint density at radius 1 is 0.368 bits per heavy atom. The molecule has 0 amide bonds. The van der Waals surface area contributed by atoms with Crippen molar-refractivity contribution in [3.63, 3.8) is 0 Å². The molecule has 0 spiro atoms. The zero-order valence-electron chi connectivity index (χ0n) is 64.0. The van der Waals surface area contributed by atoms with Crippen LogP contribution in [0.4, 0.5) is 38.9 Å². The SMILES string of the molecule is COc1ccc(CN2CCN(c3ccc(-c4cc(N5CC[C@@H](O)C5)cn5ncc(C#N)c45)cn3)CC2)cn1.COc1ccc(CN2CCN(c3ccc(-c4cc(N5CC[C@H](F)C5)cn5ncc(C#N)c45)cn3)CC2)cn1.COc1ccc(CN2CCN(c3ccc(-c4cc(N5CC[C@H](O)C5)cn5ncc(C#N)c45)cn3)CC2)cn1. The molecule has 2 N–H and O–H groups in total. The zero-order valence-corrected chi connectivity index (χ0v) is 64.0. The topological polar surface area (TPSA) is 298 Å². The smallest absolute Gasteiger partial charge is 0.212 e. The molecule has 114 heavy (non-hydrogen) atoms. The summed E-state index contributed by atoms with van der Waals surface area (Å²) in [6, 6.07) is 37.2. The molecule has 12 aromatic heterocycles. The van der Waals surface area contributed by atoms with Crippen LogP contribution in [0.2, 0.25) is 0 Å². The molecule has 6 saturated heterocycles. The number of β-amino-alcohol motifs (C(OH)–C–C–N with tert-alkyl or cyclic N) is 2. The van der Waals surface area contributed by atoms with Gasteiger partial charge in [0.25, 0.3) is 0 Å². The van der Waals surface area contributed by atoms with Crippen molar-refractivity contribution in [2.75, 3.05) is 169 Å². The summed E-state index contributed by atoms with van der Waals surface area (Å²) >= 11 is 0. The fourth-order valence-electron chi connectivity index (χ4n) is 15.9. The van der Waals surface area contributed by atoms with E-state index in [1.807, 2.05) is 97.1 Å². The third kappa shape index (κ3) is 16.8. The lowest BCUT2D eigenvalue weighted by molar-refractivity contribution is 0.198. The van der Waals surface area contributed by atoms with E-state index < -0.39 is 6.17 Å². The number of aliphatic hydroxyl groups is 2. The summed E-state index contributed by atoms with van der Waals surface area (Å²) in [5.74, 6) is 4.72. The van der Waals surface area contributed by atoms with Crippen LogP contribution in [-0.2, 0) is 19.6 Å². The molecule has 18 heterocycles. The third-order valence-electron chi connectivity index (χ3n) is 22.2. The highest BCUT2D eigenvalue weighted by Gasteiger charge is 2.29. The number of ether oxygens (including phenoxy) is 3. The van der Waals surface area contributed by atoms with Crippen LogP contribution in [0.5, 0.6) is 17.6 Å². The molecule has 6 fully saturated rings. The minimum Gasteiger partial charge on any atom is -0.481 e. The fourth-order valence-corrected chi connectivity index (χ4v) is 15.9. The molecule has 6 aliphatic rings. The van der Waals surface area contributed by atoms with E-state index in [4.69, 9.17) is 29.2 Å². The van der Waals surface area contributed by atoms with Gasteiger partial charge in [0.15, 0.2) is 0 Å². The quantitative estimate of drug-likeness (QED) is 0.0811. The number of nitriles is 3. The van der Waals surface area contributed by atoms with Crippen molar-refractivity contribution < 1.29 is 28.8 Å². The number of anilines is 6. The minimum atomic E-state index is -0.823. The molecule has 12 aromatic rings. The van der Waals surface area contributed by atoms with Crippen LogP contribution in [0.15, 0.2) is 165 Å². The molecule has 0 aromatic carbocycles. The molecule has 0 aliphatic carbocycles. The average molecular weight is 1530 g/mol. The molecule has 0 bridgehead atoms. The predicted molar refractivity (Wildman–Crippen MR) is 432 cm³/mol. The molecule has 0 unspecified atom stereocenters. The van der Waals surface area contributed by atoms with Crippen molar-refractivity contribution in [1.29, 1.82) is 15.8 Å². The van der Waals surface area contributed by atoms with E-state index in [2.05, 4.69) is 142 Å². The number of halogens is 1. The summed E-state index contributed by atoms with van der Waals surface area (Å²) in [7, 11) is 4.88. The number of aromatic nitrogens is 12. The molecule has 582 valence electrons. The summed E-state index contributed by atoms with van der Waals surface area (Å²) in [5.41, 5.74) is 15.7. The van der Waals surface area contributed by atoms with Gasteiger partial charge in [0.2, 0.25) is 17.6 Å². The van der Waals surface area contributed by atoms with Crippen LogP contribution < -0.4 is 43.6 Å². The van der Waals surface area contributed by atoms with Gasteiger partial charge in [-0.25, -0.2) is 47.8 Å². The number of methoxy groups -OCH3 is 3. The van der Waals surface area contributed by atoms with Crippen molar-refractivity contribution in [2.45, 2.75) is 57.3 Å². The van der Waals surface area contributed by atoms with Crippen LogP contribution in [0.25, 0.3) is 49.9 Å².